The standard InChI is InChI=1S/C23H23NO6/c1-11(23(28)30-10-18(25)12-4-3-5-13(8-12)29-2)24-21(26)19-14-6-7-15(17-9-16(14)17)20(19)22(24)27/h3-8,11,14-17,19-20H,9-10H2,1-2H3/t11-,14-,15-,16-,17-,19-,20+/m1/s1. The van der Waals surface area contributed by atoms with Gasteiger partial charge in [-0.15, -0.1) is 0 Å². The van der Waals surface area contributed by atoms with Crippen molar-refractivity contribution in [3.05, 3.63) is 42.0 Å². The molecule has 0 aromatic heterocycles. The van der Waals surface area contributed by atoms with Gasteiger partial charge < -0.3 is 9.47 Å². The van der Waals surface area contributed by atoms with E-state index < -0.39 is 18.6 Å². The van der Waals surface area contributed by atoms with E-state index in [4.69, 9.17) is 9.47 Å². The SMILES string of the molecule is COc1cccc(C(=O)COC(=O)[C@@H](C)N2C(=O)[C@@H]3[C@@H]4C=C[C@H]([C@H]5C[C@H]45)[C@@H]3C2=O)c1. The molecular weight excluding hydrogens is 386 g/mol. The maximum Gasteiger partial charge on any atom is 0.329 e. The smallest absolute Gasteiger partial charge is 0.329 e. The molecule has 1 saturated heterocycles. The first kappa shape index (κ1) is 19.0. The normalized spacial score (nSPS) is 33.7. The monoisotopic (exact) mass is 409 g/mol. The van der Waals surface area contributed by atoms with E-state index >= 15 is 0 Å². The molecule has 0 unspecified atom stereocenters. The third-order valence-electron chi connectivity index (χ3n) is 7.16. The van der Waals surface area contributed by atoms with Crippen LogP contribution in [-0.4, -0.2) is 48.2 Å². The first-order chi connectivity index (χ1) is 14.4. The molecule has 7 atom stereocenters. The van der Waals surface area contributed by atoms with Crippen LogP contribution >= 0.6 is 0 Å². The van der Waals surface area contributed by atoms with Crippen molar-refractivity contribution < 1.29 is 28.7 Å². The highest BCUT2D eigenvalue weighted by Gasteiger charge is 2.67. The first-order valence-corrected chi connectivity index (χ1v) is 10.3. The number of rotatable bonds is 6. The predicted molar refractivity (Wildman–Crippen MR) is 104 cm³/mol. The van der Waals surface area contributed by atoms with Crippen molar-refractivity contribution >= 4 is 23.6 Å². The largest absolute Gasteiger partial charge is 0.497 e. The summed E-state index contributed by atoms with van der Waals surface area (Å²) in [7, 11) is 1.50. The number of Topliss-reactive ketones (excluding diaryl/α,β-unsaturated/α-hetero) is 1. The molecule has 0 radical (unpaired) electrons. The van der Waals surface area contributed by atoms with Crippen LogP contribution in [0.15, 0.2) is 36.4 Å². The van der Waals surface area contributed by atoms with Crippen molar-refractivity contribution in [2.24, 2.45) is 35.5 Å². The lowest BCUT2D eigenvalue weighted by Crippen LogP contribution is -2.45. The summed E-state index contributed by atoms with van der Waals surface area (Å²) >= 11 is 0. The number of likely N-dealkylation sites (tertiary alicyclic amines) is 1. The summed E-state index contributed by atoms with van der Waals surface area (Å²) in [5.41, 5.74) is 0.357. The minimum atomic E-state index is -1.05. The van der Waals surface area contributed by atoms with Gasteiger partial charge in [-0.1, -0.05) is 24.3 Å². The van der Waals surface area contributed by atoms with Gasteiger partial charge in [0.1, 0.15) is 11.8 Å². The lowest BCUT2D eigenvalue weighted by molar-refractivity contribution is -0.157. The van der Waals surface area contributed by atoms with Gasteiger partial charge in [-0.05, 0) is 49.1 Å². The van der Waals surface area contributed by atoms with Gasteiger partial charge in [0, 0.05) is 5.56 Å². The molecule has 2 saturated carbocycles. The van der Waals surface area contributed by atoms with E-state index in [9.17, 15) is 19.2 Å². The van der Waals surface area contributed by atoms with E-state index in [1.807, 2.05) is 0 Å². The van der Waals surface area contributed by atoms with Crippen LogP contribution in [0.2, 0.25) is 0 Å². The molecule has 6 rings (SSSR count). The highest BCUT2D eigenvalue weighted by molar-refractivity contribution is 6.09. The van der Waals surface area contributed by atoms with Gasteiger partial charge in [-0.25, -0.2) is 4.79 Å². The molecule has 2 amide bonds. The van der Waals surface area contributed by atoms with Crippen LogP contribution in [0.3, 0.4) is 0 Å². The van der Waals surface area contributed by atoms with Gasteiger partial charge in [0.25, 0.3) is 0 Å². The molecule has 3 fully saturated rings. The molecule has 1 heterocycles. The molecule has 156 valence electrons. The Morgan fingerprint density at radius 1 is 1.10 bits per heavy atom. The number of nitrogens with zero attached hydrogens (tertiary/aromatic N) is 1. The van der Waals surface area contributed by atoms with Crippen molar-refractivity contribution in [1.29, 1.82) is 0 Å². The summed E-state index contributed by atoms with van der Waals surface area (Å²) in [5.74, 6) is -0.680. The number of imide groups is 1. The molecule has 30 heavy (non-hydrogen) atoms. The molecule has 0 N–H and O–H groups in total. The van der Waals surface area contributed by atoms with E-state index in [2.05, 4.69) is 12.2 Å². The van der Waals surface area contributed by atoms with Crippen LogP contribution in [0.1, 0.15) is 23.7 Å². The number of allylic oxidation sites excluding steroid dienone is 2. The van der Waals surface area contributed by atoms with Gasteiger partial charge in [0.15, 0.2) is 12.4 Å². The second-order valence-corrected chi connectivity index (χ2v) is 8.64. The maximum absolute atomic E-state index is 13.1. The Bertz CT molecular complexity index is 948. The van der Waals surface area contributed by atoms with Gasteiger partial charge in [0.05, 0.1) is 18.9 Å². The molecular formula is C23H23NO6. The van der Waals surface area contributed by atoms with E-state index in [-0.39, 0.29) is 41.3 Å². The Morgan fingerprint density at radius 2 is 1.73 bits per heavy atom. The Morgan fingerprint density at radius 3 is 2.33 bits per heavy atom. The molecule has 7 nitrogen and oxygen atoms in total. The van der Waals surface area contributed by atoms with Gasteiger partial charge >= 0.3 is 5.97 Å². The fourth-order valence-electron chi connectivity index (χ4n) is 5.60. The number of hydrogen-bond donors (Lipinski definition) is 0. The fraction of sp³-hybridized carbons (Fsp3) is 0.478. The molecule has 5 aliphatic rings. The van der Waals surface area contributed by atoms with Gasteiger partial charge in [-0.3, -0.25) is 19.3 Å². The predicted octanol–water partition coefficient (Wildman–Crippen LogP) is 1.86. The van der Waals surface area contributed by atoms with Crippen LogP contribution in [0.4, 0.5) is 0 Å². The third-order valence-corrected chi connectivity index (χ3v) is 7.16. The van der Waals surface area contributed by atoms with Crippen molar-refractivity contribution in [1.82, 2.24) is 4.90 Å². The number of hydrogen-bond acceptors (Lipinski definition) is 6. The molecule has 4 aliphatic carbocycles. The lowest BCUT2D eigenvalue weighted by Gasteiger charge is -2.37. The van der Waals surface area contributed by atoms with Crippen LogP contribution in [0.5, 0.6) is 5.75 Å². The summed E-state index contributed by atoms with van der Waals surface area (Å²) in [6.45, 7) is 1.03. The summed E-state index contributed by atoms with van der Waals surface area (Å²) < 4.78 is 10.3. The topological polar surface area (TPSA) is 90.0 Å². The summed E-state index contributed by atoms with van der Waals surface area (Å²) in [6.07, 6.45) is 5.26. The average molecular weight is 409 g/mol. The highest BCUT2D eigenvalue weighted by Crippen LogP contribution is 2.65. The Hall–Kier alpha value is -2.96. The van der Waals surface area contributed by atoms with E-state index in [1.165, 1.54) is 14.0 Å². The molecule has 1 aromatic rings. The van der Waals surface area contributed by atoms with Gasteiger partial charge in [0.2, 0.25) is 11.8 Å². The number of ketones is 1. The summed E-state index contributed by atoms with van der Waals surface area (Å²) in [6, 6.07) is 5.50. The minimum absolute atomic E-state index is 0.101. The van der Waals surface area contributed by atoms with Crippen molar-refractivity contribution in [2.75, 3.05) is 13.7 Å². The summed E-state index contributed by atoms with van der Waals surface area (Å²) in [4.78, 5) is 52.1. The van der Waals surface area contributed by atoms with Crippen LogP contribution in [-0.2, 0) is 19.1 Å². The molecule has 7 heteroatoms. The zero-order valence-corrected chi connectivity index (χ0v) is 16.8. The van der Waals surface area contributed by atoms with Crippen LogP contribution in [0.25, 0.3) is 0 Å². The van der Waals surface area contributed by atoms with Crippen molar-refractivity contribution in [3.8, 4) is 5.75 Å². The van der Waals surface area contributed by atoms with Crippen LogP contribution < -0.4 is 4.74 Å². The lowest BCUT2D eigenvalue weighted by atomic mass is 9.63. The minimum Gasteiger partial charge on any atom is -0.497 e. The zero-order chi connectivity index (χ0) is 21.2. The maximum atomic E-state index is 13.1. The Kier molecular flexibility index (Phi) is 4.31. The Labute approximate surface area is 174 Å². The molecule has 1 aliphatic heterocycles. The highest BCUT2D eigenvalue weighted by atomic mass is 16.5. The number of methoxy groups -OCH3 is 1. The van der Waals surface area contributed by atoms with E-state index in [1.54, 1.807) is 24.3 Å². The number of benzene rings is 1. The number of esters is 1. The first-order valence-electron chi connectivity index (χ1n) is 10.3. The number of amides is 2. The second kappa shape index (κ2) is 6.79. The second-order valence-electron chi connectivity index (χ2n) is 8.64. The fourth-order valence-corrected chi connectivity index (χ4v) is 5.60. The average Bonchev–Trinajstić information content (AvgIpc) is 3.54. The molecule has 2 bridgehead atoms. The number of ether oxygens (including phenoxy) is 2. The van der Waals surface area contributed by atoms with Crippen LogP contribution in [0, 0.1) is 35.5 Å². The van der Waals surface area contributed by atoms with Crippen molar-refractivity contribution in [2.45, 2.75) is 19.4 Å². The number of carbonyl (C=O) groups excluding carboxylic acids is 4. The Balaban J connectivity index is 1.25. The van der Waals surface area contributed by atoms with Crippen molar-refractivity contribution in [3.63, 3.8) is 0 Å². The van der Waals surface area contributed by atoms with Gasteiger partial charge in [-0.2, -0.15) is 0 Å². The molecule has 0 spiro atoms. The third kappa shape index (κ3) is 2.71. The molecule has 1 aromatic carbocycles. The van der Waals surface area contributed by atoms with E-state index in [0.717, 1.165) is 11.3 Å². The summed E-state index contributed by atoms with van der Waals surface area (Å²) in [5, 5.41) is 0. The van der Waals surface area contributed by atoms with E-state index in [0.29, 0.717) is 23.1 Å². The zero-order valence-electron chi connectivity index (χ0n) is 16.8. The number of carbonyl (C=O) groups is 4. The quantitative estimate of drug-likeness (QED) is 0.308.